The molecule has 3 heteroatoms. The Labute approximate surface area is 89.0 Å². The van der Waals surface area contributed by atoms with Crippen molar-refractivity contribution in [2.24, 2.45) is 0 Å². The van der Waals surface area contributed by atoms with Gasteiger partial charge >= 0.3 is 0 Å². The second kappa shape index (κ2) is 7.21. The molecule has 0 saturated heterocycles. The quantitative estimate of drug-likeness (QED) is 0.587. The van der Waals surface area contributed by atoms with Gasteiger partial charge in [0.2, 0.25) is 0 Å². The lowest BCUT2D eigenvalue weighted by Gasteiger charge is -2.32. The van der Waals surface area contributed by atoms with Crippen LogP contribution >= 0.6 is 0 Å². The predicted octanol–water partition coefficient (Wildman–Crippen LogP) is 1.99. The Hall–Kier alpha value is -0.120. The molecule has 0 aromatic heterocycles. The first-order chi connectivity index (χ1) is 6.56. The molecule has 0 aliphatic rings. The number of hydrogen-bond acceptors (Lipinski definition) is 3. The third-order valence-electron chi connectivity index (χ3n) is 2.61. The molecule has 0 aromatic rings. The van der Waals surface area contributed by atoms with E-state index in [9.17, 15) is 0 Å². The molecule has 0 N–H and O–H groups in total. The van der Waals surface area contributed by atoms with Crippen molar-refractivity contribution in [3.05, 3.63) is 0 Å². The fourth-order valence-corrected chi connectivity index (χ4v) is 1.63. The predicted molar refractivity (Wildman–Crippen MR) is 61.2 cm³/mol. The molecule has 0 aliphatic heterocycles. The standard InChI is InChI=1S/C11H26N2O/c1-7-11(12(5)6)14-10(4)13(8-2)9-3/h10-11H,7-9H2,1-6H3. The summed E-state index contributed by atoms with van der Waals surface area (Å²) in [4.78, 5) is 4.44. The molecule has 0 aliphatic carbocycles. The van der Waals surface area contributed by atoms with Crippen LogP contribution in [0, 0.1) is 0 Å². The van der Waals surface area contributed by atoms with E-state index in [0.29, 0.717) is 0 Å². The summed E-state index contributed by atoms with van der Waals surface area (Å²) in [6, 6.07) is 0. The Balaban J connectivity index is 4.06. The first kappa shape index (κ1) is 13.9. The van der Waals surface area contributed by atoms with Crippen molar-refractivity contribution in [1.82, 2.24) is 9.80 Å². The second-order valence-corrected chi connectivity index (χ2v) is 3.78. The summed E-state index contributed by atoms with van der Waals surface area (Å²) in [7, 11) is 4.12. The van der Waals surface area contributed by atoms with Gasteiger partial charge in [-0.05, 0) is 40.5 Å². The average molecular weight is 202 g/mol. The molecule has 0 radical (unpaired) electrons. The van der Waals surface area contributed by atoms with Gasteiger partial charge in [0.1, 0.15) is 12.5 Å². The van der Waals surface area contributed by atoms with Crippen LogP contribution in [0.15, 0.2) is 0 Å². The second-order valence-electron chi connectivity index (χ2n) is 3.78. The molecule has 2 atom stereocenters. The lowest BCUT2D eigenvalue weighted by Crippen LogP contribution is -2.41. The van der Waals surface area contributed by atoms with E-state index in [-0.39, 0.29) is 12.5 Å². The molecule has 2 unspecified atom stereocenters. The monoisotopic (exact) mass is 202 g/mol. The fourth-order valence-electron chi connectivity index (χ4n) is 1.63. The van der Waals surface area contributed by atoms with Crippen molar-refractivity contribution < 1.29 is 4.74 Å². The minimum atomic E-state index is 0.206. The number of ether oxygens (including phenoxy) is 1. The van der Waals surface area contributed by atoms with E-state index in [1.807, 2.05) is 0 Å². The van der Waals surface area contributed by atoms with Gasteiger partial charge in [-0.3, -0.25) is 9.80 Å². The zero-order valence-electron chi connectivity index (χ0n) is 10.6. The lowest BCUT2D eigenvalue weighted by molar-refractivity contribution is -0.134. The molecule has 0 spiro atoms. The van der Waals surface area contributed by atoms with Gasteiger partial charge in [-0.2, -0.15) is 0 Å². The van der Waals surface area contributed by atoms with E-state index in [2.05, 4.69) is 51.6 Å². The maximum Gasteiger partial charge on any atom is 0.111 e. The molecule has 0 aromatic carbocycles. The van der Waals surface area contributed by atoms with Crippen LogP contribution in [0.5, 0.6) is 0 Å². The highest BCUT2D eigenvalue weighted by atomic mass is 16.5. The van der Waals surface area contributed by atoms with Crippen molar-refractivity contribution in [3.8, 4) is 0 Å². The molecule has 0 saturated carbocycles. The van der Waals surface area contributed by atoms with Crippen molar-refractivity contribution in [2.75, 3.05) is 27.2 Å². The first-order valence-electron chi connectivity index (χ1n) is 5.62. The number of rotatable bonds is 7. The summed E-state index contributed by atoms with van der Waals surface area (Å²) in [5.41, 5.74) is 0. The first-order valence-corrected chi connectivity index (χ1v) is 5.62. The van der Waals surface area contributed by atoms with E-state index in [4.69, 9.17) is 4.74 Å². The van der Waals surface area contributed by atoms with Gasteiger partial charge in [0.25, 0.3) is 0 Å². The summed E-state index contributed by atoms with van der Waals surface area (Å²) in [5.74, 6) is 0. The molecule has 3 nitrogen and oxygen atoms in total. The maximum atomic E-state index is 5.96. The van der Waals surface area contributed by atoms with Crippen molar-refractivity contribution >= 4 is 0 Å². The SMILES string of the molecule is CCC(OC(C)N(CC)CC)N(C)C. The topological polar surface area (TPSA) is 15.7 Å². The van der Waals surface area contributed by atoms with Gasteiger partial charge in [-0.1, -0.05) is 20.8 Å². The van der Waals surface area contributed by atoms with Crippen LogP contribution in [0.2, 0.25) is 0 Å². The minimum Gasteiger partial charge on any atom is -0.345 e. The zero-order chi connectivity index (χ0) is 11.1. The highest BCUT2D eigenvalue weighted by Gasteiger charge is 2.16. The highest BCUT2D eigenvalue weighted by molar-refractivity contribution is 4.58. The van der Waals surface area contributed by atoms with Crippen LogP contribution in [0.25, 0.3) is 0 Å². The summed E-state index contributed by atoms with van der Waals surface area (Å²) < 4.78 is 5.96. The van der Waals surface area contributed by atoms with E-state index in [1.54, 1.807) is 0 Å². The largest absolute Gasteiger partial charge is 0.345 e. The zero-order valence-corrected chi connectivity index (χ0v) is 10.6. The van der Waals surface area contributed by atoms with Gasteiger partial charge < -0.3 is 4.74 Å². The Bertz CT molecular complexity index is 135. The normalized spacial score (nSPS) is 16.3. The molecule has 86 valence electrons. The molecule has 0 amide bonds. The molecular formula is C11H26N2O. The van der Waals surface area contributed by atoms with Gasteiger partial charge in [-0.15, -0.1) is 0 Å². The summed E-state index contributed by atoms with van der Waals surface area (Å²) in [5, 5.41) is 0. The van der Waals surface area contributed by atoms with Crippen LogP contribution in [-0.4, -0.2) is 49.4 Å². The third-order valence-corrected chi connectivity index (χ3v) is 2.61. The Morgan fingerprint density at radius 2 is 1.57 bits per heavy atom. The van der Waals surface area contributed by atoms with E-state index < -0.39 is 0 Å². The summed E-state index contributed by atoms with van der Waals surface area (Å²) in [6.45, 7) is 10.7. The number of hydrogen-bond donors (Lipinski definition) is 0. The summed E-state index contributed by atoms with van der Waals surface area (Å²) in [6.07, 6.45) is 1.46. The van der Waals surface area contributed by atoms with Crippen LogP contribution in [0.3, 0.4) is 0 Å². The molecule has 0 bridgehead atoms. The van der Waals surface area contributed by atoms with Crippen molar-refractivity contribution in [1.29, 1.82) is 0 Å². The third kappa shape index (κ3) is 4.40. The van der Waals surface area contributed by atoms with Gasteiger partial charge in [-0.25, -0.2) is 0 Å². The average Bonchev–Trinajstić information content (AvgIpc) is 2.15. The highest BCUT2D eigenvalue weighted by Crippen LogP contribution is 2.08. The molecular weight excluding hydrogens is 176 g/mol. The van der Waals surface area contributed by atoms with Crippen LogP contribution in [0.1, 0.15) is 34.1 Å². The fraction of sp³-hybridized carbons (Fsp3) is 1.00. The van der Waals surface area contributed by atoms with Crippen molar-refractivity contribution in [2.45, 2.75) is 46.6 Å². The smallest absolute Gasteiger partial charge is 0.111 e. The molecule has 0 rings (SSSR count). The molecule has 0 heterocycles. The van der Waals surface area contributed by atoms with Crippen molar-refractivity contribution in [3.63, 3.8) is 0 Å². The van der Waals surface area contributed by atoms with Gasteiger partial charge in [0.15, 0.2) is 0 Å². The van der Waals surface area contributed by atoms with Crippen LogP contribution in [-0.2, 0) is 4.74 Å². The molecule has 0 fully saturated rings. The van der Waals surface area contributed by atoms with E-state index in [1.165, 1.54) is 0 Å². The van der Waals surface area contributed by atoms with E-state index >= 15 is 0 Å². The Morgan fingerprint density at radius 1 is 1.07 bits per heavy atom. The molecule has 14 heavy (non-hydrogen) atoms. The van der Waals surface area contributed by atoms with Crippen LogP contribution in [0.4, 0.5) is 0 Å². The summed E-state index contributed by atoms with van der Waals surface area (Å²) >= 11 is 0. The Morgan fingerprint density at radius 3 is 1.86 bits per heavy atom. The Kier molecular flexibility index (Phi) is 7.15. The van der Waals surface area contributed by atoms with E-state index in [0.717, 1.165) is 19.5 Å². The van der Waals surface area contributed by atoms with Gasteiger partial charge in [0.05, 0.1) is 0 Å². The lowest BCUT2D eigenvalue weighted by atomic mass is 10.4. The maximum absolute atomic E-state index is 5.96. The van der Waals surface area contributed by atoms with Crippen LogP contribution < -0.4 is 0 Å². The number of nitrogens with zero attached hydrogens (tertiary/aromatic N) is 2. The van der Waals surface area contributed by atoms with Gasteiger partial charge in [0, 0.05) is 0 Å². The minimum absolute atomic E-state index is 0.206.